The van der Waals surface area contributed by atoms with Crippen LogP contribution in [0.3, 0.4) is 0 Å². The molecular weight excluding hydrogens is 222 g/mol. The third-order valence-corrected chi connectivity index (χ3v) is 3.20. The van der Waals surface area contributed by atoms with Crippen LogP contribution in [0.1, 0.15) is 46.5 Å². The molecule has 0 fully saturated rings. The lowest BCUT2D eigenvalue weighted by atomic mass is 10.1. The molecule has 0 radical (unpaired) electrons. The van der Waals surface area contributed by atoms with Crippen LogP contribution in [0.15, 0.2) is 0 Å². The van der Waals surface area contributed by atoms with Gasteiger partial charge in [-0.15, -0.1) is 0 Å². The summed E-state index contributed by atoms with van der Waals surface area (Å²) in [5.41, 5.74) is 0. The molecule has 0 heterocycles. The molecule has 0 spiro atoms. The topological polar surface area (TPSA) is 41.5 Å². The van der Waals surface area contributed by atoms with Crippen molar-refractivity contribution in [1.82, 2.24) is 5.32 Å². The highest BCUT2D eigenvalue weighted by atomic mass is 32.2. The molecule has 16 heavy (non-hydrogen) atoms. The SMILES string of the molecule is CCCC(O)C[C@@H](C)NCCCSOCC. The lowest BCUT2D eigenvalue weighted by Crippen LogP contribution is -2.31. The molecule has 0 aliphatic heterocycles. The Morgan fingerprint density at radius 3 is 2.75 bits per heavy atom. The van der Waals surface area contributed by atoms with E-state index in [0.29, 0.717) is 6.04 Å². The predicted molar refractivity (Wildman–Crippen MR) is 71.7 cm³/mol. The van der Waals surface area contributed by atoms with Gasteiger partial charge in [0, 0.05) is 11.8 Å². The normalized spacial score (nSPS) is 15.0. The zero-order valence-corrected chi connectivity index (χ0v) is 11.7. The smallest absolute Gasteiger partial charge is 0.0585 e. The molecule has 0 bridgehead atoms. The Kier molecular flexibility index (Phi) is 11.9. The summed E-state index contributed by atoms with van der Waals surface area (Å²) in [6.07, 6.45) is 3.78. The van der Waals surface area contributed by atoms with Crippen LogP contribution in [-0.4, -0.2) is 36.2 Å². The van der Waals surface area contributed by atoms with E-state index in [1.165, 1.54) is 12.0 Å². The molecular formula is C12H27NO2S. The first-order valence-electron chi connectivity index (χ1n) is 6.36. The summed E-state index contributed by atoms with van der Waals surface area (Å²) in [5.74, 6) is 1.03. The van der Waals surface area contributed by atoms with E-state index in [0.717, 1.165) is 44.6 Å². The maximum Gasteiger partial charge on any atom is 0.0585 e. The van der Waals surface area contributed by atoms with E-state index in [1.54, 1.807) is 0 Å². The standard InChI is InChI=1S/C12H27NO2S/c1-4-7-12(14)10-11(3)13-8-6-9-16-15-5-2/h11-14H,4-10H2,1-3H3/t11-,12?/m1/s1. The number of hydrogen-bond donors (Lipinski definition) is 2. The fraction of sp³-hybridized carbons (Fsp3) is 1.00. The molecule has 3 nitrogen and oxygen atoms in total. The van der Waals surface area contributed by atoms with Gasteiger partial charge in [0.25, 0.3) is 0 Å². The van der Waals surface area contributed by atoms with Gasteiger partial charge in [0.15, 0.2) is 0 Å². The van der Waals surface area contributed by atoms with Crippen molar-refractivity contribution in [3.05, 3.63) is 0 Å². The van der Waals surface area contributed by atoms with Crippen LogP contribution >= 0.6 is 12.0 Å². The molecule has 0 saturated heterocycles. The Hall–Kier alpha value is 0.230. The predicted octanol–water partition coefficient (Wildman–Crippen LogP) is 2.59. The fourth-order valence-corrected chi connectivity index (χ4v) is 2.11. The van der Waals surface area contributed by atoms with Crippen molar-refractivity contribution in [3.63, 3.8) is 0 Å². The van der Waals surface area contributed by atoms with Gasteiger partial charge in [-0.2, -0.15) is 0 Å². The zero-order chi connectivity index (χ0) is 12.2. The van der Waals surface area contributed by atoms with Gasteiger partial charge >= 0.3 is 0 Å². The average Bonchev–Trinajstić information content (AvgIpc) is 2.23. The Bertz CT molecular complexity index is 147. The van der Waals surface area contributed by atoms with E-state index in [9.17, 15) is 5.11 Å². The van der Waals surface area contributed by atoms with E-state index < -0.39 is 0 Å². The van der Waals surface area contributed by atoms with Crippen molar-refractivity contribution in [2.24, 2.45) is 0 Å². The maximum absolute atomic E-state index is 9.63. The first-order chi connectivity index (χ1) is 7.70. The van der Waals surface area contributed by atoms with Gasteiger partial charge in [-0.1, -0.05) is 13.3 Å². The highest BCUT2D eigenvalue weighted by Gasteiger charge is 2.08. The van der Waals surface area contributed by atoms with Gasteiger partial charge < -0.3 is 14.6 Å². The van der Waals surface area contributed by atoms with Crippen LogP contribution in [-0.2, 0) is 4.18 Å². The molecule has 0 aliphatic rings. The second-order valence-corrected chi connectivity index (χ2v) is 5.00. The summed E-state index contributed by atoms with van der Waals surface area (Å²) in [5, 5.41) is 13.0. The summed E-state index contributed by atoms with van der Waals surface area (Å²) in [4.78, 5) is 0. The highest BCUT2D eigenvalue weighted by molar-refractivity contribution is 7.94. The second kappa shape index (κ2) is 11.7. The van der Waals surface area contributed by atoms with Crippen LogP contribution in [0, 0.1) is 0 Å². The lowest BCUT2D eigenvalue weighted by Gasteiger charge is -2.17. The first kappa shape index (κ1) is 16.2. The monoisotopic (exact) mass is 249 g/mol. The number of rotatable bonds is 11. The van der Waals surface area contributed by atoms with Gasteiger partial charge in [-0.05, 0) is 51.7 Å². The zero-order valence-electron chi connectivity index (χ0n) is 10.9. The van der Waals surface area contributed by atoms with E-state index in [-0.39, 0.29) is 6.10 Å². The van der Waals surface area contributed by atoms with Crippen LogP contribution < -0.4 is 5.32 Å². The largest absolute Gasteiger partial charge is 0.393 e. The Morgan fingerprint density at radius 1 is 1.38 bits per heavy atom. The van der Waals surface area contributed by atoms with Gasteiger partial charge in [0.2, 0.25) is 0 Å². The molecule has 98 valence electrons. The summed E-state index contributed by atoms with van der Waals surface area (Å²) >= 11 is 1.54. The van der Waals surface area contributed by atoms with Crippen LogP contribution in [0.5, 0.6) is 0 Å². The van der Waals surface area contributed by atoms with Gasteiger partial charge in [0.1, 0.15) is 0 Å². The van der Waals surface area contributed by atoms with E-state index in [2.05, 4.69) is 19.2 Å². The Balaban J connectivity index is 3.26. The molecule has 4 heteroatoms. The summed E-state index contributed by atoms with van der Waals surface area (Å²) in [6.45, 7) is 8.01. The van der Waals surface area contributed by atoms with E-state index >= 15 is 0 Å². The minimum absolute atomic E-state index is 0.148. The van der Waals surface area contributed by atoms with Crippen molar-refractivity contribution >= 4 is 12.0 Å². The maximum atomic E-state index is 9.63. The number of hydrogen-bond acceptors (Lipinski definition) is 4. The summed E-state index contributed by atoms with van der Waals surface area (Å²) in [6, 6.07) is 0.402. The van der Waals surface area contributed by atoms with Crippen LogP contribution in [0.4, 0.5) is 0 Å². The van der Waals surface area contributed by atoms with Crippen molar-refractivity contribution in [3.8, 4) is 0 Å². The molecule has 0 amide bonds. The highest BCUT2D eigenvalue weighted by Crippen LogP contribution is 2.06. The van der Waals surface area contributed by atoms with Gasteiger partial charge in [0.05, 0.1) is 12.7 Å². The number of nitrogens with one attached hydrogen (secondary N) is 1. The van der Waals surface area contributed by atoms with Crippen molar-refractivity contribution in [1.29, 1.82) is 0 Å². The minimum atomic E-state index is -0.148. The second-order valence-electron chi connectivity index (χ2n) is 4.12. The molecule has 2 atom stereocenters. The number of aliphatic hydroxyl groups is 1. The third kappa shape index (κ3) is 10.7. The molecule has 0 aromatic rings. The molecule has 0 aromatic heterocycles. The van der Waals surface area contributed by atoms with Crippen molar-refractivity contribution in [2.45, 2.75) is 58.6 Å². The molecule has 0 rings (SSSR count). The summed E-state index contributed by atoms with van der Waals surface area (Å²) < 4.78 is 5.19. The van der Waals surface area contributed by atoms with Crippen molar-refractivity contribution in [2.75, 3.05) is 18.9 Å². The fourth-order valence-electron chi connectivity index (χ4n) is 1.56. The molecule has 0 saturated carbocycles. The average molecular weight is 249 g/mol. The van der Waals surface area contributed by atoms with Gasteiger partial charge in [-0.3, -0.25) is 0 Å². The van der Waals surface area contributed by atoms with Crippen molar-refractivity contribution < 1.29 is 9.29 Å². The summed E-state index contributed by atoms with van der Waals surface area (Å²) in [7, 11) is 0. The first-order valence-corrected chi connectivity index (χ1v) is 7.27. The molecule has 1 unspecified atom stereocenters. The van der Waals surface area contributed by atoms with Crippen LogP contribution in [0.2, 0.25) is 0 Å². The third-order valence-electron chi connectivity index (χ3n) is 2.35. The molecule has 2 N–H and O–H groups in total. The Morgan fingerprint density at radius 2 is 2.12 bits per heavy atom. The van der Waals surface area contributed by atoms with Crippen LogP contribution in [0.25, 0.3) is 0 Å². The van der Waals surface area contributed by atoms with E-state index in [1.807, 2.05) is 6.92 Å². The molecule has 0 aliphatic carbocycles. The lowest BCUT2D eigenvalue weighted by molar-refractivity contribution is 0.141. The van der Waals surface area contributed by atoms with E-state index in [4.69, 9.17) is 4.18 Å². The number of aliphatic hydroxyl groups excluding tert-OH is 1. The minimum Gasteiger partial charge on any atom is -0.393 e. The Labute approximate surface area is 105 Å². The van der Waals surface area contributed by atoms with Gasteiger partial charge in [-0.25, -0.2) is 0 Å². The molecule has 0 aromatic carbocycles. The quantitative estimate of drug-likeness (QED) is 0.436.